The Balaban J connectivity index is 2.18. The van der Waals surface area contributed by atoms with Crippen molar-refractivity contribution < 1.29 is 14.6 Å². The molecule has 2 rings (SSSR count). The molecule has 5 heteroatoms. The molecule has 0 amide bonds. The van der Waals surface area contributed by atoms with Gasteiger partial charge >= 0.3 is 0 Å². The molecular weight excluding hydrogens is 411 g/mol. The lowest BCUT2D eigenvalue weighted by atomic mass is 9.68. The maximum atomic E-state index is 12.0. The van der Waals surface area contributed by atoms with Crippen LogP contribution in [0.4, 0.5) is 0 Å². The fourth-order valence-electron chi connectivity index (χ4n) is 3.76. The molecule has 2 fully saturated rings. The van der Waals surface area contributed by atoms with Crippen LogP contribution in [0.5, 0.6) is 0 Å². The molecule has 2 aliphatic rings. The van der Waals surface area contributed by atoms with E-state index in [0.717, 1.165) is 12.2 Å². The second-order valence-corrected chi connectivity index (χ2v) is 18.0. The highest BCUT2D eigenvalue weighted by molar-refractivity contribution is 14.2. The molecule has 1 saturated heterocycles. The molecule has 0 radical (unpaired) electrons. The second-order valence-electron chi connectivity index (χ2n) is 7.75. The Labute approximate surface area is 148 Å². The predicted octanol–water partition coefficient (Wildman–Crippen LogP) is 4.01. The molecule has 22 heavy (non-hydrogen) atoms. The number of carbonyl (C=O) groups excluding carboxylic acids is 1. The molecule has 1 N–H and O–H groups in total. The smallest absolute Gasteiger partial charge is 0.133 e. The summed E-state index contributed by atoms with van der Waals surface area (Å²) >= 11 is 2.47. The summed E-state index contributed by atoms with van der Waals surface area (Å²) in [5, 5.41) is 11.3. The van der Waals surface area contributed by atoms with Crippen molar-refractivity contribution in [1.29, 1.82) is 0 Å². The van der Waals surface area contributed by atoms with Gasteiger partial charge in [0, 0.05) is 24.5 Å². The largest absolute Gasteiger partial charge is 0.389 e. The Morgan fingerprint density at radius 3 is 2.68 bits per heavy atom. The van der Waals surface area contributed by atoms with Crippen LogP contribution in [0.2, 0.25) is 0 Å². The molecule has 1 saturated carbocycles. The van der Waals surface area contributed by atoms with Gasteiger partial charge in [-0.1, -0.05) is 11.6 Å². The van der Waals surface area contributed by atoms with Crippen molar-refractivity contribution in [1.82, 2.24) is 0 Å². The van der Waals surface area contributed by atoms with E-state index in [4.69, 9.17) is 4.74 Å². The van der Waals surface area contributed by atoms with Gasteiger partial charge in [-0.05, 0) is 67.3 Å². The minimum Gasteiger partial charge on any atom is -0.389 e. The van der Waals surface area contributed by atoms with Gasteiger partial charge in [-0.25, -0.2) is 0 Å². The third kappa shape index (κ3) is 4.28. The van der Waals surface area contributed by atoms with E-state index in [1.54, 1.807) is 0 Å². The zero-order valence-corrected chi connectivity index (χ0v) is 17.3. The predicted molar refractivity (Wildman–Crippen MR) is 103 cm³/mol. The molecule has 4 unspecified atom stereocenters. The molecule has 0 aromatic carbocycles. The van der Waals surface area contributed by atoms with Crippen molar-refractivity contribution in [3.05, 3.63) is 11.6 Å². The molecule has 4 atom stereocenters. The summed E-state index contributed by atoms with van der Waals surface area (Å²) in [6, 6.07) is 0. The lowest BCUT2D eigenvalue weighted by Crippen LogP contribution is -2.52. The molecule has 3 nitrogen and oxygen atoms in total. The zero-order chi connectivity index (χ0) is 16.8. The molecule has 0 aromatic rings. The van der Waals surface area contributed by atoms with Gasteiger partial charge in [0.15, 0.2) is 0 Å². The van der Waals surface area contributed by atoms with Crippen LogP contribution in [0, 0.1) is 5.92 Å². The highest BCUT2D eigenvalue weighted by Crippen LogP contribution is 2.59. The number of rotatable bonds is 5. The summed E-state index contributed by atoms with van der Waals surface area (Å²) in [6.07, 6.45) is 9.19. The number of halogens is 1. The molecule has 0 bridgehead atoms. The van der Waals surface area contributed by atoms with E-state index >= 15 is 0 Å². The number of Topliss-reactive ketones (excluding diaryl/α,β-unsaturated/α-hetero) is 1. The van der Waals surface area contributed by atoms with Crippen LogP contribution in [-0.2, 0) is 9.53 Å². The van der Waals surface area contributed by atoms with Gasteiger partial charge in [-0.15, -0.1) is 0 Å². The summed E-state index contributed by atoms with van der Waals surface area (Å²) in [4.78, 5) is 12.0. The van der Waals surface area contributed by atoms with Crippen molar-refractivity contribution in [3.63, 3.8) is 0 Å². The highest BCUT2D eigenvalue weighted by Gasteiger charge is 2.63. The monoisotopic (exact) mass is 440 g/mol. The van der Waals surface area contributed by atoms with Crippen LogP contribution in [0.3, 0.4) is 0 Å². The van der Waals surface area contributed by atoms with Gasteiger partial charge in [-0.2, -0.15) is 7.20 Å². The Bertz CT molecular complexity index is 481. The van der Waals surface area contributed by atoms with E-state index in [2.05, 4.69) is 60.6 Å². The SMILES string of the molecule is CC(C)=CCC1OC1(C)C1CC(=O)CCC1(O)CS(C)(C)I. The van der Waals surface area contributed by atoms with Crippen LogP contribution in [0.25, 0.3) is 0 Å². The fraction of sp³-hybridized carbons (Fsp3) is 0.824. The molecule has 128 valence electrons. The molecule has 1 heterocycles. The van der Waals surface area contributed by atoms with Crippen molar-refractivity contribution in [3.8, 4) is 0 Å². The van der Waals surface area contributed by atoms with E-state index in [9.17, 15) is 9.90 Å². The maximum Gasteiger partial charge on any atom is 0.133 e. The van der Waals surface area contributed by atoms with Gasteiger partial charge in [0.2, 0.25) is 0 Å². The van der Waals surface area contributed by atoms with Crippen LogP contribution in [0.15, 0.2) is 11.6 Å². The van der Waals surface area contributed by atoms with E-state index in [0.29, 0.717) is 19.3 Å². The van der Waals surface area contributed by atoms with Crippen molar-refractivity contribution >= 4 is 34.2 Å². The minimum atomic E-state index is -0.867. The number of ether oxygens (including phenoxy) is 1. The topological polar surface area (TPSA) is 49.8 Å². The normalized spacial score (nSPS) is 39.5. The van der Waals surface area contributed by atoms with Gasteiger partial charge in [0.25, 0.3) is 0 Å². The minimum absolute atomic E-state index is 0.0710. The first-order valence-electron chi connectivity index (χ1n) is 7.92. The Hall–Kier alpha value is 0.410. The first-order valence-corrected chi connectivity index (χ1v) is 13.1. The standard InChI is InChI=1S/C17H29IO3S/c1-12(2)6-7-15-16(3,21-15)14-10-13(19)8-9-17(14,20)11-22(4,5)18/h6,14-15,20H,7-11H2,1-5H3. The number of aliphatic hydroxyl groups is 1. The summed E-state index contributed by atoms with van der Waals surface area (Å²) in [5.74, 6) is 0.985. The maximum absolute atomic E-state index is 12.0. The lowest BCUT2D eigenvalue weighted by Gasteiger charge is -2.45. The number of hydrogen-bond donors (Lipinski definition) is 1. The average molecular weight is 440 g/mol. The number of ketones is 1. The number of allylic oxidation sites excluding steroid dienone is 1. The average Bonchev–Trinajstić information content (AvgIpc) is 3.00. The summed E-state index contributed by atoms with van der Waals surface area (Å²) in [7, 11) is -0.867. The first kappa shape index (κ1) is 18.7. The van der Waals surface area contributed by atoms with Crippen molar-refractivity contribution in [2.45, 2.75) is 63.8 Å². The quantitative estimate of drug-likeness (QED) is 0.399. The van der Waals surface area contributed by atoms with Crippen molar-refractivity contribution in [2.75, 3.05) is 18.3 Å². The molecular formula is C17H29IO3S. The van der Waals surface area contributed by atoms with Gasteiger partial charge in [0.05, 0.1) is 17.3 Å². The van der Waals surface area contributed by atoms with Crippen LogP contribution in [-0.4, -0.2) is 46.5 Å². The number of carbonyl (C=O) groups is 1. The van der Waals surface area contributed by atoms with Crippen LogP contribution >= 0.6 is 28.4 Å². The molecule has 1 aliphatic heterocycles. The molecule has 1 aliphatic carbocycles. The van der Waals surface area contributed by atoms with E-state index in [1.807, 2.05) is 0 Å². The summed E-state index contributed by atoms with van der Waals surface area (Å²) in [5.41, 5.74) is 0.172. The van der Waals surface area contributed by atoms with E-state index in [-0.39, 0.29) is 23.4 Å². The Morgan fingerprint density at radius 2 is 2.14 bits per heavy atom. The molecule has 0 aromatic heterocycles. The van der Waals surface area contributed by atoms with E-state index < -0.39 is 12.8 Å². The Kier molecular flexibility index (Phi) is 5.43. The number of epoxide rings is 1. The van der Waals surface area contributed by atoms with Crippen molar-refractivity contribution in [2.24, 2.45) is 5.92 Å². The van der Waals surface area contributed by atoms with Crippen LogP contribution in [0.1, 0.15) is 46.5 Å². The van der Waals surface area contributed by atoms with Gasteiger partial charge in [0.1, 0.15) is 5.78 Å². The highest BCUT2D eigenvalue weighted by atomic mass is 127. The first-order chi connectivity index (χ1) is 9.96. The van der Waals surface area contributed by atoms with Crippen LogP contribution < -0.4 is 0 Å². The molecule has 0 spiro atoms. The number of hydrogen-bond acceptors (Lipinski definition) is 3. The Morgan fingerprint density at radius 1 is 1.50 bits per heavy atom. The summed E-state index contributed by atoms with van der Waals surface area (Å²) in [6.45, 7) is 6.25. The third-order valence-corrected chi connectivity index (χ3v) is 7.04. The zero-order valence-electron chi connectivity index (χ0n) is 14.3. The summed E-state index contributed by atoms with van der Waals surface area (Å²) < 4.78 is 6.00. The second kappa shape index (κ2) is 6.37. The van der Waals surface area contributed by atoms with Gasteiger partial charge in [-0.3, -0.25) is 4.79 Å². The van der Waals surface area contributed by atoms with E-state index in [1.165, 1.54) is 5.57 Å². The lowest BCUT2D eigenvalue weighted by molar-refractivity contribution is -0.132. The van der Waals surface area contributed by atoms with Gasteiger partial charge < -0.3 is 9.84 Å². The fourth-order valence-corrected chi connectivity index (χ4v) is 6.91. The third-order valence-electron chi connectivity index (χ3n) is 4.92.